The maximum absolute atomic E-state index is 3.92. The molecule has 16 heavy (non-hydrogen) atoms. The summed E-state index contributed by atoms with van der Waals surface area (Å²) < 4.78 is 0. The first-order valence-corrected chi connectivity index (χ1v) is 6.29. The molecule has 2 N–H and O–H groups in total. The second kappa shape index (κ2) is 4.80. The van der Waals surface area contributed by atoms with E-state index in [1.165, 1.54) is 4.88 Å². The molecule has 2 aromatic heterocycles. The van der Waals surface area contributed by atoms with E-state index in [1.54, 1.807) is 6.20 Å². The Hall–Kier alpha value is -1.13. The lowest BCUT2D eigenvalue weighted by Crippen LogP contribution is -2.31. The number of rotatable bonds is 5. The van der Waals surface area contributed by atoms with Crippen LogP contribution in [0.15, 0.2) is 29.8 Å². The zero-order valence-corrected chi connectivity index (χ0v) is 10.5. The van der Waals surface area contributed by atoms with E-state index in [0.717, 1.165) is 18.8 Å². The number of aromatic amines is 1. The molecule has 0 unspecified atom stereocenters. The van der Waals surface area contributed by atoms with Gasteiger partial charge in [-0.05, 0) is 17.5 Å². The van der Waals surface area contributed by atoms with Crippen LogP contribution < -0.4 is 5.32 Å². The molecule has 0 spiro atoms. The van der Waals surface area contributed by atoms with Gasteiger partial charge in [-0.1, -0.05) is 19.9 Å². The third-order valence-electron chi connectivity index (χ3n) is 2.63. The highest BCUT2D eigenvalue weighted by Crippen LogP contribution is 2.26. The molecule has 3 nitrogen and oxygen atoms in total. The third kappa shape index (κ3) is 2.71. The Labute approximate surface area is 99.9 Å². The van der Waals surface area contributed by atoms with Crippen molar-refractivity contribution in [3.05, 3.63) is 40.3 Å². The molecule has 0 aliphatic carbocycles. The van der Waals surface area contributed by atoms with E-state index in [9.17, 15) is 0 Å². The molecule has 0 bridgehead atoms. The van der Waals surface area contributed by atoms with Crippen LogP contribution in [0.1, 0.15) is 24.4 Å². The fraction of sp³-hybridized carbons (Fsp3) is 0.417. The van der Waals surface area contributed by atoms with Crippen LogP contribution in [0, 0.1) is 0 Å². The van der Waals surface area contributed by atoms with E-state index < -0.39 is 0 Å². The van der Waals surface area contributed by atoms with Gasteiger partial charge in [-0.2, -0.15) is 5.10 Å². The van der Waals surface area contributed by atoms with Crippen molar-refractivity contribution in [3.8, 4) is 0 Å². The van der Waals surface area contributed by atoms with Gasteiger partial charge in [0.2, 0.25) is 0 Å². The molecule has 2 heterocycles. The van der Waals surface area contributed by atoms with Crippen molar-refractivity contribution in [1.29, 1.82) is 0 Å². The van der Waals surface area contributed by atoms with Crippen LogP contribution in [0.5, 0.6) is 0 Å². The van der Waals surface area contributed by atoms with Crippen LogP contribution in [-0.4, -0.2) is 16.7 Å². The van der Waals surface area contributed by atoms with Crippen molar-refractivity contribution < 1.29 is 0 Å². The third-order valence-corrected chi connectivity index (χ3v) is 3.86. The van der Waals surface area contributed by atoms with Crippen molar-refractivity contribution in [3.63, 3.8) is 0 Å². The van der Waals surface area contributed by atoms with Gasteiger partial charge in [-0.15, -0.1) is 11.3 Å². The van der Waals surface area contributed by atoms with Crippen molar-refractivity contribution in [2.45, 2.75) is 25.8 Å². The second-order valence-electron chi connectivity index (χ2n) is 4.55. The van der Waals surface area contributed by atoms with Gasteiger partial charge in [-0.25, -0.2) is 0 Å². The first-order chi connectivity index (χ1) is 7.68. The summed E-state index contributed by atoms with van der Waals surface area (Å²) >= 11 is 1.82. The van der Waals surface area contributed by atoms with E-state index in [4.69, 9.17) is 0 Å². The van der Waals surface area contributed by atoms with Crippen LogP contribution in [-0.2, 0) is 12.0 Å². The number of nitrogens with one attached hydrogen (secondary N) is 2. The minimum absolute atomic E-state index is 0.189. The monoisotopic (exact) mass is 235 g/mol. The zero-order chi connectivity index (χ0) is 11.4. The van der Waals surface area contributed by atoms with Crippen molar-refractivity contribution >= 4 is 11.3 Å². The lowest BCUT2D eigenvalue weighted by Gasteiger charge is -2.23. The summed E-state index contributed by atoms with van der Waals surface area (Å²) in [4.78, 5) is 1.42. The predicted molar refractivity (Wildman–Crippen MR) is 67.6 cm³/mol. The average Bonchev–Trinajstić information content (AvgIpc) is 2.90. The standard InChI is InChI=1S/C12H17N3S/c1-12(2,11-4-3-7-16-11)9-13-8-10-5-6-14-15-10/h3-7,13H,8-9H2,1-2H3,(H,14,15). The van der Waals surface area contributed by atoms with Gasteiger partial charge in [-0.3, -0.25) is 5.10 Å². The van der Waals surface area contributed by atoms with Gasteiger partial charge in [0.25, 0.3) is 0 Å². The second-order valence-corrected chi connectivity index (χ2v) is 5.49. The highest BCUT2D eigenvalue weighted by Gasteiger charge is 2.20. The molecule has 0 saturated carbocycles. The van der Waals surface area contributed by atoms with E-state index in [2.05, 4.69) is 46.9 Å². The normalized spacial score (nSPS) is 11.9. The van der Waals surface area contributed by atoms with Crippen molar-refractivity contribution in [1.82, 2.24) is 15.5 Å². The van der Waals surface area contributed by atoms with Gasteiger partial charge in [0.15, 0.2) is 0 Å². The quantitative estimate of drug-likeness (QED) is 0.836. The molecule has 0 saturated heterocycles. The molecule has 0 atom stereocenters. The lowest BCUT2D eigenvalue weighted by molar-refractivity contribution is 0.474. The topological polar surface area (TPSA) is 40.7 Å². The summed E-state index contributed by atoms with van der Waals surface area (Å²) in [6, 6.07) is 6.30. The molecule has 0 aliphatic rings. The molecule has 4 heteroatoms. The van der Waals surface area contributed by atoms with Gasteiger partial charge < -0.3 is 5.32 Å². The van der Waals surface area contributed by atoms with Gasteiger partial charge in [0, 0.05) is 35.3 Å². The first kappa shape index (κ1) is 11.4. The maximum atomic E-state index is 3.92. The highest BCUT2D eigenvalue weighted by molar-refractivity contribution is 7.10. The summed E-state index contributed by atoms with van der Waals surface area (Å²) in [5.41, 5.74) is 1.32. The van der Waals surface area contributed by atoms with Crippen LogP contribution in [0.2, 0.25) is 0 Å². The molecule has 2 aromatic rings. The van der Waals surface area contributed by atoms with Crippen LogP contribution in [0.4, 0.5) is 0 Å². The molecule has 86 valence electrons. The fourth-order valence-corrected chi connectivity index (χ4v) is 2.50. The summed E-state index contributed by atoms with van der Waals surface area (Å²) in [5.74, 6) is 0. The number of thiophene rings is 1. The van der Waals surface area contributed by atoms with E-state index in [0.29, 0.717) is 0 Å². The number of hydrogen-bond donors (Lipinski definition) is 2. The average molecular weight is 235 g/mol. The number of hydrogen-bond acceptors (Lipinski definition) is 3. The number of H-pyrrole nitrogens is 1. The minimum Gasteiger partial charge on any atom is -0.310 e. The summed E-state index contributed by atoms with van der Waals surface area (Å²) in [6.45, 7) is 6.33. The van der Waals surface area contributed by atoms with Gasteiger partial charge >= 0.3 is 0 Å². The first-order valence-electron chi connectivity index (χ1n) is 5.41. The van der Waals surface area contributed by atoms with E-state index in [-0.39, 0.29) is 5.41 Å². The van der Waals surface area contributed by atoms with Crippen LogP contribution >= 0.6 is 11.3 Å². The maximum Gasteiger partial charge on any atom is 0.0490 e. The number of nitrogens with zero attached hydrogens (tertiary/aromatic N) is 1. The largest absolute Gasteiger partial charge is 0.310 e. The molecule has 0 fully saturated rings. The molecule has 0 aliphatic heterocycles. The Morgan fingerprint density at radius 2 is 2.31 bits per heavy atom. The lowest BCUT2D eigenvalue weighted by atomic mass is 9.91. The molecular formula is C12H17N3S. The molecule has 0 radical (unpaired) electrons. The van der Waals surface area contributed by atoms with Gasteiger partial charge in [0.05, 0.1) is 0 Å². The van der Waals surface area contributed by atoms with Crippen LogP contribution in [0.25, 0.3) is 0 Å². The fourth-order valence-electron chi connectivity index (χ4n) is 1.64. The van der Waals surface area contributed by atoms with E-state index >= 15 is 0 Å². The molecular weight excluding hydrogens is 218 g/mol. The van der Waals surface area contributed by atoms with Gasteiger partial charge in [0.1, 0.15) is 0 Å². The van der Waals surface area contributed by atoms with Crippen molar-refractivity contribution in [2.75, 3.05) is 6.54 Å². The molecule has 0 aromatic carbocycles. The van der Waals surface area contributed by atoms with Crippen LogP contribution in [0.3, 0.4) is 0 Å². The smallest absolute Gasteiger partial charge is 0.0490 e. The molecule has 2 rings (SSSR count). The molecule has 0 amide bonds. The Morgan fingerprint density at radius 1 is 1.44 bits per heavy atom. The Bertz CT molecular complexity index is 403. The SMILES string of the molecule is CC(C)(CNCc1ccn[nH]1)c1cccs1. The Morgan fingerprint density at radius 3 is 2.94 bits per heavy atom. The zero-order valence-electron chi connectivity index (χ0n) is 9.66. The van der Waals surface area contributed by atoms with E-state index in [1.807, 2.05) is 17.4 Å². The summed E-state index contributed by atoms with van der Waals surface area (Å²) in [7, 11) is 0. The summed E-state index contributed by atoms with van der Waals surface area (Å²) in [6.07, 6.45) is 1.78. The van der Waals surface area contributed by atoms with Crippen molar-refractivity contribution in [2.24, 2.45) is 0 Å². The Kier molecular flexibility index (Phi) is 3.41. The Balaban J connectivity index is 1.85. The number of aromatic nitrogens is 2. The highest BCUT2D eigenvalue weighted by atomic mass is 32.1. The predicted octanol–water partition coefficient (Wildman–Crippen LogP) is 2.54. The minimum atomic E-state index is 0.189. The summed E-state index contributed by atoms with van der Waals surface area (Å²) in [5, 5.41) is 12.5.